The van der Waals surface area contributed by atoms with Crippen LogP contribution in [0.2, 0.25) is 0 Å². The van der Waals surface area contributed by atoms with E-state index in [2.05, 4.69) is 84.0 Å². The second-order valence-corrected chi connectivity index (χ2v) is 7.77. The fraction of sp³-hybridized carbons (Fsp3) is 0.474. The molecule has 0 nitrogen and oxygen atoms in total. The molecule has 0 bridgehead atoms. The molecule has 0 aliphatic rings. The van der Waals surface area contributed by atoms with Crippen LogP contribution in [0.1, 0.15) is 53.0 Å². The Morgan fingerprint density at radius 1 is 0.684 bits per heavy atom. The molecule has 0 spiro atoms. The van der Waals surface area contributed by atoms with Crippen molar-refractivity contribution in [1.82, 2.24) is 0 Å². The first kappa shape index (κ1) is 14.1. The minimum atomic E-state index is 0.265. The van der Waals surface area contributed by atoms with Crippen molar-refractivity contribution in [1.29, 1.82) is 0 Å². The maximum absolute atomic E-state index is 2.37. The highest BCUT2D eigenvalue weighted by Gasteiger charge is 2.35. The van der Waals surface area contributed by atoms with Gasteiger partial charge in [-0.1, -0.05) is 84.0 Å². The van der Waals surface area contributed by atoms with Crippen molar-refractivity contribution in [2.45, 2.75) is 47.5 Å². The molecule has 0 radical (unpaired) electrons. The second-order valence-electron chi connectivity index (χ2n) is 7.77. The highest BCUT2D eigenvalue weighted by molar-refractivity contribution is 5.83. The largest absolute Gasteiger partial charge is 0.0616 e. The first-order chi connectivity index (χ1) is 8.69. The summed E-state index contributed by atoms with van der Waals surface area (Å²) in [4.78, 5) is 0. The highest BCUT2D eigenvalue weighted by atomic mass is 14.4. The third-order valence-corrected chi connectivity index (χ3v) is 3.84. The molecular weight excluding hydrogens is 228 g/mol. The van der Waals surface area contributed by atoms with E-state index in [1.807, 2.05) is 0 Å². The van der Waals surface area contributed by atoms with Crippen molar-refractivity contribution < 1.29 is 0 Å². The summed E-state index contributed by atoms with van der Waals surface area (Å²) in [7, 11) is 0. The van der Waals surface area contributed by atoms with Gasteiger partial charge in [-0.2, -0.15) is 0 Å². The summed E-state index contributed by atoms with van der Waals surface area (Å²) in [6.45, 7) is 14.1. The third-order valence-electron chi connectivity index (χ3n) is 3.84. The van der Waals surface area contributed by atoms with Crippen LogP contribution in [-0.2, 0) is 0 Å². The van der Waals surface area contributed by atoms with Crippen LogP contribution in [0.25, 0.3) is 10.8 Å². The highest BCUT2D eigenvalue weighted by Crippen LogP contribution is 2.47. The molecule has 19 heavy (non-hydrogen) atoms. The van der Waals surface area contributed by atoms with Crippen LogP contribution in [-0.4, -0.2) is 0 Å². The van der Waals surface area contributed by atoms with Crippen molar-refractivity contribution in [3.63, 3.8) is 0 Å². The van der Waals surface area contributed by atoms with Crippen LogP contribution in [0.4, 0.5) is 0 Å². The van der Waals surface area contributed by atoms with Crippen molar-refractivity contribution in [3.8, 4) is 0 Å². The fourth-order valence-electron chi connectivity index (χ4n) is 3.69. The molecule has 2 rings (SSSR count). The Balaban J connectivity index is 2.57. The third kappa shape index (κ3) is 3.00. The Morgan fingerprint density at radius 2 is 1.21 bits per heavy atom. The van der Waals surface area contributed by atoms with E-state index in [0.29, 0.717) is 5.92 Å². The van der Waals surface area contributed by atoms with E-state index >= 15 is 0 Å². The fourth-order valence-corrected chi connectivity index (χ4v) is 3.69. The lowest BCUT2D eigenvalue weighted by molar-refractivity contribution is 0.176. The molecule has 0 unspecified atom stereocenters. The van der Waals surface area contributed by atoms with Gasteiger partial charge in [0.15, 0.2) is 0 Å². The lowest BCUT2D eigenvalue weighted by Crippen LogP contribution is -2.30. The van der Waals surface area contributed by atoms with Crippen LogP contribution in [0.15, 0.2) is 42.5 Å². The summed E-state index contributed by atoms with van der Waals surface area (Å²) in [6.07, 6.45) is 0. The molecule has 0 saturated carbocycles. The number of hydrogen-bond donors (Lipinski definition) is 0. The van der Waals surface area contributed by atoms with Gasteiger partial charge in [-0.3, -0.25) is 0 Å². The molecule has 2 aromatic carbocycles. The van der Waals surface area contributed by atoms with Gasteiger partial charge in [0, 0.05) is 0 Å². The second kappa shape index (κ2) is 4.67. The zero-order chi connectivity index (χ0) is 14.3. The molecule has 0 aliphatic heterocycles. The van der Waals surface area contributed by atoms with E-state index in [1.54, 1.807) is 0 Å². The normalized spacial score (nSPS) is 13.2. The van der Waals surface area contributed by atoms with Gasteiger partial charge in [0.25, 0.3) is 0 Å². The minimum absolute atomic E-state index is 0.265. The van der Waals surface area contributed by atoms with Crippen molar-refractivity contribution in [3.05, 3.63) is 48.0 Å². The molecule has 0 aromatic heterocycles. The average Bonchev–Trinajstić information content (AvgIpc) is 2.25. The number of rotatable bonds is 1. The van der Waals surface area contributed by atoms with Gasteiger partial charge in [-0.25, -0.2) is 0 Å². The maximum atomic E-state index is 2.37. The van der Waals surface area contributed by atoms with Crippen molar-refractivity contribution >= 4 is 10.8 Å². The zero-order valence-corrected chi connectivity index (χ0v) is 13.1. The molecule has 0 heterocycles. The van der Waals surface area contributed by atoms with Crippen LogP contribution in [0.5, 0.6) is 0 Å². The first-order valence-electron chi connectivity index (χ1n) is 7.18. The number of fused-ring (bicyclic) bond motifs is 1. The molecule has 102 valence electrons. The molecule has 2 aromatic rings. The average molecular weight is 254 g/mol. The van der Waals surface area contributed by atoms with E-state index in [-0.39, 0.29) is 10.8 Å². The molecular formula is C19H26. The SMILES string of the molecule is CC(C)(C)C(c1ccc2ccccc2c1)C(C)(C)C. The van der Waals surface area contributed by atoms with Crippen molar-refractivity contribution in [2.75, 3.05) is 0 Å². The van der Waals surface area contributed by atoms with Gasteiger partial charge in [0.1, 0.15) is 0 Å². The van der Waals surface area contributed by atoms with Crippen LogP contribution >= 0.6 is 0 Å². The van der Waals surface area contributed by atoms with E-state index in [1.165, 1.54) is 16.3 Å². The van der Waals surface area contributed by atoms with Gasteiger partial charge in [0.05, 0.1) is 0 Å². The molecule has 0 N–H and O–H groups in total. The number of hydrogen-bond acceptors (Lipinski definition) is 0. The Morgan fingerprint density at radius 3 is 1.74 bits per heavy atom. The van der Waals surface area contributed by atoms with Crippen LogP contribution in [0, 0.1) is 10.8 Å². The smallest absolute Gasteiger partial charge is 0.00643 e. The van der Waals surface area contributed by atoms with E-state index in [0.717, 1.165) is 0 Å². The first-order valence-corrected chi connectivity index (χ1v) is 7.18. The van der Waals surface area contributed by atoms with E-state index in [9.17, 15) is 0 Å². The summed E-state index contributed by atoms with van der Waals surface area (Å²) in [6, 6.07) is 15.6. The Labute approximate surface area is 117 Å². The van der Waals surface area contributed by atoms with Gasteiger partial charge in [0.2, 0.25) is 0 Å². The molecule has 0 heteroatoms. The summed E-state index contributed by atoms with van der Waals surface area (Å²) in [5.41, 5.74) is 1.99. The summed E-state index contributed by atoms with van der Waals surface area (Å²) < 4.78 is 0. The topological polar surface area (TPSA) is 0 Å². The van der Waals surface area contributed by atoms with Gasteiger partial charge in [-0.15, -0.1) is 0 Å². The standard InChI is InChI=1S/C19H26/c1-18(2,3)17(19(4,5)6)16-12-11-14-9-7-8-10-15(14)13-16/h7-13,17H,1-6H3. The van der Waals surface area contributed by atoms with Gasteiger partial charge in [-0.05, 0) is 33.1 Å². The summed E-state index contributed by atoms with van der Waals surface area (Å²) in [5.74, 6) is 0.546. The number of benzene rings is 2. The van der Waals surface area contributed by atoms with Crippen LogP contribution < -0.4 is 0 Å². The maximum Gasteiger partial charge on any atom is -0.00643 e. The molecule has 0 atom stereocenters. The lowest BCUT2D eigenvalue weighted by Gasteiger charge is -2.41. The Bertz CT molecular complexity index is 550. The quantitative estimate of drug-likeness (QED) is 0.584. The summed E-state index contributed by atoms with van der Waals surface area (Å²) in [5, 5.41) is 2.67. The molecule has 0 fully saturated rings. The van der Waals surface area contributed by atoms with E-state index < -0.39 is 0 Å². The predicted molar refractivity (Wildman–Crippen MR) is 85.6 cm³/mol. The van der Waals surface area contributed by atoms with Gasteiger partial charge >= 0.3 is 0 Å². The zero-order valence-electron chi connectivity index (χ0n) is 13.1. The molecule has 0 saturated heterocycles. The Kier molecular flexibility index (Phi) is 3.47. The Hall–Kier alpha value is -1.30. The van der Waals surface area contributed by atoms with Gasteiger partial charge < -0.3 is 0 Å². The monoisotopic (exact) mass is 254 g/mol. The molecule has 0 aliphatic carbocycles. The van der Waals surface area contributed by atoms with Crippen molar-refractivity contribution in [2.24, 2.45) is 10.8 Å². The van der Waals surface area contributed by atoms with Crippen LogP contribution in [0.3, 0.4) is 0 Å². The van der Waals surface area contributed by atoms with E-state index in [4.69, 9.17) is 0 Å². The lowest BCUT2D eigenvalue weighted by atomic mass is 9.63. The minimum Gasteiger partial charge on any atom is -0.0616 e. The summed E-state index contributed by atoms with van der Waals surface area (Å²) >= 11 is 0. The predicted octanol–water partition coefficient (Wildman–Crippen LogP) is 6.02. The molecule has 0 amide bonds.